The quantitative estimate of drug-likeness (QED) is 0.652. The molecule has 3 atom stereocenters. The Labute approximate surface area is 102 Å². The normalized spacial score (nSPS) is 35.1. The van der Waals surface area contributed by atoms with Gasteiger partial charge in [-0.3, -0.25) is 0 Å². The molecular weight excluding hydrogens is 242 g/mol. The fourth-order valence-corrected chi connectivity index (χ4v) is 5.15. The van der Waals surface area contributed by atoms with Crippen LogP contribution in [0.4, 0.5) is 0 Å². The Morgan fingerprint density at radius 1 is 1.44 bits per heavy atom. The zero-order valence-corrected chi connectivity index (χ0v) is 10.6. The highest BCUT2D eigenvalue weighted by Crippen LogP contribution is 2.49. The van der Waals surface area contributed by atoms with Gasteiger partial charge in [-0.2, -0.15) is 0 Å². The molecule has 0 aromatic carbocycles. The first-order valence-electron chi connectivity index (χ1n) is 5.46. The van der Waals surface area contributed by atoms with Crippen molar-refractivity contribution in [1.29, 1.82) is 0 Å². The molecule has 2 fully saturated rings. The zero-order chi connectivity index (χ0) is 11.1. The third-order valence-electron chi connectivity index (χ3n) is 3.46. The molecule has 0 spiro atoms. The zero-order valence-electron chi connectivity index (χ0n) is 8.96. The highest BCUT2D eigenvalue weighted by atomic mass is 32.2. The highest BCUT2D eigenvalue weighted by molar-refractivity contribution is 8.02. The van der Waals surface area contributed by atoms with Crippen LogP contribution in [0.25, 0.3) is 0 Å². The summed E-state index contributed by atoms with van der Waals surface area (Å²) in [5.41, 5.74) is 0.981. The minimum atomic E-state index is 0.330. The summed E-state index contributed by atoms with van der Waals surface area (Å²) in [5, 5.41) is 22.1. The van der Waals surface area contributed by atoms with Crippen molar-refractivity contribution in [1.82, 2.24) is 10.2 Å². The van der Waals surface area contributed by atoms with Gasteiger partial charge in [0.15, 0.2) is 4.34 Å². The lowest BCUT2D eigenvalue weighted by Crippen LogP contribution is -2.24. The molecule has 1 aromatic rings. The van der Waals surface area contributed by atoms with Crippen LogP contribution >= 0.6 is 23.1 Å². The molecule has 16 heavy (non-hydrogen) atoms. The van der Waals surface area contributed by atoms with Crippen molar-refractivity contribution in [2.75, 3.05) is 0 Å². The molecule has 1 N–H and O–H groups in total. The standard InChI is InChI=1S/C10H13N3OS2/c1-5-11-12-10(15-5)16-9-7-3-2-6(4-7)8(9)13-14/h6-7,9,14H,2-4H2,1H3/b13-8+/t6-,7-,9+/m0/s1. The van der Waals surface area contributed by atoms with E-state index in [0.717, 1.165) is 15.1 Å². The first-order valence-corrected chi connectivity index (χ1v) is 7.16. The van der Waals surface area contributed by atoms with Crippen LogP contribution in [0.5, 0.6) is 0 Å². The molecule has 2 aliphatic rings. The van der Waals surface area contributed by atoms with E-state index in [1.807, 2.05) is 6.92 Å². The lowest BCUT2D eigenvalue weighted by atomic mass is 9.98. The SMILES string of the molecule is Cc1nnc(S[C@H]2/C(=N/O)[C@H]3CC[C@H]2C3)s1. The Bertz CT molecular complexity index is 431. The number of aryl methyl sites for hydroxylation is 1. The summed E-state index contributed by atoms with van der Waals surface area (Å²) in [6.07, 6.45) is 3.64. The summed E-state index contributed by atoms with van der Waals surface area (Å²) in [6, 6.07) is 0. The Balaban J connectivity index is 1.80. The Morgan fingerprint density at radius 2 is 2.31 bits per heavy atom. The van der Waals surface area contributed by atoms with Crippen molar-refractivity contribution >= 4 is 28.8 Å². The van der Waals surface area contributed by atoms with Gasteiger partial charge in [0.25, 0.3) is 0 Å². The monoisotopic (exact) mass is 255 g/mol. The fraction of sp³-hybridized carbons (Fsp3) is 0.700. The van der Waals surface area contributed by atoms with Gasteiger partial charge in [-0.25, -0.2) is 0 Å². The lowest BCUT2D eigenvalue weighted by molar-refractivity contribution is 0.314. The molecule has 4 nitrogen and oxygen atoms in total. The second-order valence-electron chi connectivity index (χ2n) is 4.42. The predicted octanol–water partition coefficient (Wildman–Crippen LogP) is 2.57. The van der Waals surface area contributed by atoms with Gasteiger partial charge in [-0.05, 0) is 32.1 Å². The number of nitrogens with zero attached hydrogens (tertiary/aromatic N) is 3. The van der Waals surface area contributed by atoms with E-state index in [-0.39, 0.29) is 0 Å². The predicted molar refractivity (Wildman–Crippen MR) is 64.3 cm³/mol. The molecule has 1 heterocycles. The van der Waals surface area contributed by atoms with Crippen LogP contribution < -0.4 is 0 Å². The maximum absolute atomic E-state index is 9.08. The number of thioether (sulfide) groups is 1. The van der Waals surface area contributed by atoms with E-state index >= 15 is 0 Å². The van der Waals surface area contributed by atoms with Gasteiger partial charge in [0.05, 0.1) is 11.0 Å². The molecular formula is C10H13N3OS2. The smallest absolute Gasteiger partial charge is 0.174 e. The van der Waals surface area contributed by atoms with E-state index in [4.69, 9.17) is 5.21 Å². The van der Waals surface area contributed by atoms with Crippen molar-refractivity contribution in [2.45, 2.75) is 35.8 Å². The van der Waals surface area contributed by atoms with Gasteiger partial charge in [-0.15, -0.1) is 10.2 Å². The van der Waals surface area contributed by atoms with Gasteiger partial charge in [0.1, 0.15) is 5.01 Å². The third kappa shape index (κ3) is 1.64. The summed E-state index contributed by atoms with van der Waals surface area (Å²) < 4.78 is 0.996. The average molecular weight is 255 g/mol. The summed E-state index contributed by atoms with van der Waals surface area (Å²) >= 11 is 3.34. The van der Waals surface area contributed by atoms with Crippen molar-refractivity contribution in [3.05, 3.63) is 5.01 Å². The molecule has 3 rings (SSSR count). The highest BCUT2D eigenvalue weighted by Gasteiger charge is 2.46. The topological polar surface area (TPSA) is 58.4 Å². The van der Waals surface area contributed by atoms with Gasteiger partial charge in [0, 0.05) is 5.92 Å². The molecule has 0 radical (unpaired) electrons. The van der Waals surface area contributed by atoms with Crippen molar-refractivity contribution in [3.63, 3.8) is 0 Å². The Morgan fingerprint density at radius 3 is 3.00 bits per heavy atom. The minimum absolute atomic E-state index is 0.330. The summed E-state index contributed by atoms with van der Waals surface area (Å²) in [6.45, 7) is 1.96. The largest absolute Gasteiger partial charge is 0.411 e. The van der Waals surface area contributed by atoms with E-state index in [9.17, 15) is 0 Å². The second kappa shape index (κ2) is 4.00. The van der Waals surface area contributed by atoms with Crippen LogP contribution in [0.3, 0.4) is 0 Å². The van der Waals surface area contributed by atoms with Crippen LogP contribution in [0.2, 0.25) is 0 Å². The molecule has 2 saturated carbocycles. The molecule has 1 aromatic heterocycles. The first kappa shape index (κ1) is 10.5. The number of hydrogen-bond acceptors (Lipinski definition) is 6. The van der Waals surface area contributed by atoms with Crippen LogP contribution in [0, 0.1) is 18.8 Å². The van der Waals surface area contributed by atoms with E-state index in [1.165, 1.54) is 19.3 Å². The second-order valence-corrected chi connectivity index (χ2v) is 6.99. The minimum Gasteiger partial charge on any atom is -0.411 e. The summed E-state index contributed by atoms with van der Waals surface area (Å²) in [5.74, 6) is 1.19. The molecule has 6 heteroatoms. The number of oxime groups is 1. The van der Waals surface area contributed by atoms with E-state index in [1.54, 1.807) is 23.1 Å². The van der Waals surface area contributed by atoms with Crippen molar-refractivity contribution in [2.24, 2.45) is 17.0 Å². The van der Waals surface area contributed by atoms with Gasteiger partial charge < -0.3 is 5.21 Å². The van der Waals surface area contributed by atoms with Crippen molar-refractivity contribution < 1.29 is 5.21 Å². The Kier molecular flexibility index (Phi) is 2.63. The third-order valence-corrected chi connectivity index (χ3v) is 5.80. The molecule has 0 amide bonds. The van der Waals surface area contributed by atoms with Gasteiger partial charge >= 0.3 is 0 Å². The first-order chi connectivity index (χ1) is 7.78. The summed E-state index contributed by atoms with van der Waals surface area (Å²) in [4.78, 5) is 0. The lowest BCUT2D eigenvalue weighted by Gasteiger charge is -2.20. The van der Waals surface area contributed by atoms with Crippen LogP contribution in [0.15, 0.2) is 9.50 Å². The molecule has 0 saturated heterocycles. The van der Waals surface area contributed by atoms with Crippen LogP contribution in [-0.4, -0.2) is 26.4 Å². The summed E-state index contributed by atoms with van der Waals surface area (Å²) in [7, 11) is 0. The average Bonchev–Trinajstić information content (AvgIpc) is 2.94. The van der Waals surface area contributed by atoms with E-state index in [2.05, 4.69) is 15.4 Å². The maximum Gasteiger partial charge on any atom is 0.174 e. The Hall–Kier alpha value is -0.620. The van der Waals surface area contributed by atoms with Gasteiger partial charge in [0.2, 0.25) is 0 Å². The molecule has 0 unspecified atom stereocenters. The molecule has 2 bridgehead atoms. The van der Waals surface area contributed by atoms with Crippen molar-refractivity contribution in [3.8, 4) is 0 Å². The number of aromatic nitrogens is 2. The molecule has 2 aliphatic carbocycles. The van der Waals surface area contributed by atoms with E-state index in [0.29, 0.717) is 17.1 Å². The van der Waals surface area contributed by atoms with Gasteiger partial charge in [-0.1, -0.05) is 28.3 Å². The number of rotatable bonds is 2. The maximum atomic E-state index is 9.08. The van der Waals surface area contributed by atoms with E-state index < -0.39 is 0 Å². The molecule has 0 aliphatic heterocycles. The fourth-order valence-electron chi connectivity index (χ4n) is 2.76. The number of fused-ring (bicyclic) bond motifs is 2. The van der Waals surface area contributed by atoms with Crippen LogP contribution in [0.1, 0.15) is 24.3 Å². The van der Waals surface area contributed by atoms with Crippen LogP contribution in [-0.2, 0) is 0 Å². The molecule has 86 valence electrons. The number of hydrogen-bond donors (Lipinski definition) is 1.